The van der Waals surface area contributed by atoms with Gasteiger partial charge in [-0.05, 0) is 19.4 Å². The molecule has 1 aliphatic heterocycles. The Kier molecular flexibility index (Phi) is 2.16. The number of carbonyl (C=O) groups is 1. The Morgan fingerprint density at radius 1 is 1.29 bits per heavy atom. The maximum absolute atomic E-state index is 11.2. The van der Waals surface area contributed by atoms with E-state index in [0.29, 0.717) is 18.7 Å². The number of nitrogens with one attached hydrogen (secondary N) is 1. The van der Waals surface area contributed by atoms with E-state index in [0.717, 1.165) is 0 Å². The first kappa shape index (κ1) is 9.41. The Balaban J connectivity index is 2.30. The van der Waals surface area contributed by atoms with Crippen LogP contribution < -0.4 is 5.32 Å². The molecule has 0 bridgehead atoms. The zero-order valence-corrected chi connectivity index (χ0v) is 8.63. The molecule has 2 rings (SSSR count). The Bertz CT molecular complexity index is 355. The van der Waals surface area contributed by atoms with Crippen LogP contribution in [0, 0.1) is 6.92 Å². The molecule has 74 valence electrons. The normalized spacial score (nSPS) is 26.9. The number of benzene rings is 1. The molecule has 1 aromatic rings. The van der Waals surface area contributed by atoms with Crippen molar-refractivity contribution in [3.05, 3.63) is 35.4 Å². The van der Waals surface area contributed by atoms with Gasteiger partial charge in [0.05, 0.1) is 6.54 Å². The molecule has 1 N–H and O–H groups in total. The van der Waals surface area contributed by atoms with Gasteiger partial charge >= 0.3 is 0 Å². The number of hydrogen-bond acceptors (Lipinski definition) is 2. The van der Waals surface area contributed by atoms with Gasteiger partial charge in [0, 0.05) is 12.0 Å². The van der Waals surface area contributed by atoms with E-state index >= 15 is 0 Å². The summed E-state index contributed by atoms with van der Waals surface area (Å²) in [5, 5.41) is 3.27. The fraction of sp³-hybridized carbons (Fsp3) is 0.417. The Labute approximate surface area is 84.3 Å². The monoisotopic (exact) mass is 189 g/mol. The van der Waals surface area contributed by atoms with Gasteiger partial charge in [-0.25, -0.2) is 0 Å². The summed E-state index contributed by atoms with van der Waals surface area (Å²) in [6.07, 6.45) is 0.607. The van der Waals surface area contributed by atoms with Crippen molar-refractivity contribution in [3.8, 4) is 0 Å². The Morgan fingerprint density at radius 2 is 1.93 bits per heavy atom. The average molecular weight is 189 g/mol. The minimum Gasteiger partial charge on any atom is -0.300 e. The third kappa shape index (κ3) is 1.58. The molecular weight excluding hydrogens is 174 g/mol. The smallest absolute Gasteiger partial charge is 0.148 e. The van der Waals surface area contributed by atoms with Crippen LogP contribution >= 0.6 is 0 Å². The van der Waals surface area contributed by atoms with Gasteiger partial charge in [-0.15, -0.1) is 0 Å². The second-order valence-electron chi connectivity index (χ2n) is 4.27. The van der Waals surface area contributed by atoms with Crippen molar-refractivity contribution >= 4 is 5.78 Å². The minimum absolute atomic E-state index is 0.148. The summed E-state index contributed by atoms with van der Waals surface area (Å²) in [5.41, 5.74) is 2.31. The quantitative estimate of drug-likeness (QED) is 0.729. The molecular formula is C12H15NO. The molecule has 0 amide bonds. The van der Waals surface area contributed by atoms with Gasteiger partial charge in [0.25, 0.3) is 0 Å². The summed E-state index contributed by atoms with van der Waals surface area (Å²) in [6, 6.07) is 8.37. The number of Topliss-reactive ketones (excluding diaryl/α,β-unsaturated/α-hetero) is 1. The minimum atomic E-state index is -0.148. The summed E-state index contributed by atoms with van der Waals surface area (Å²) in [5.74, 6) is 0.299. The second-order valence-corrected chi connectivity index (χ2v) is 4.27. The molecule has 2 nitrogen and oxygen atoms in total. The summed E-state index contributed by atoms with van der Waals surface area (Å²) in [4.78, 5) is 11.2. The van der Waals surface area contributed by atoms with E-state index in [1.54, 1.807) is 0 Å². The van der Waals surface area contributed by atoms with E-state index in [9.17, 15) is 4.79 Å². The number of hydrogen-bond donors (Lipinski definition) is 1. The van der Waals surface area contributed by atoms with Crippen molar-refractivity contribution < 1.29 is 4.79 Å². The first-order chi connectivity index (χ1) is 6.60. The first-order valence-electron chi connectivity index (χ1n) is 4.94. The molecule has 0 spiro atoms. The number of carbonyl (C=O) groups excluding carboxylic acids is 1. The molecule has 1 saturated heterocycles. The highest BCUT2D eigenvalue weighted by Gasteiger charge is 2.34. The molecule has 0 radical (unpaired) electrons. The number of rotatable bonds is 1. The summed E-state index contributed by atoms with van der Waals surface area (Å²) >= 11 is 0. The van der Waals surface area contributed by atoms with Crippen molar-refractivity contribution in [3.63, 3.8) is 0 Å². The van der Waals surface area contributed by atoms with E-state index in [2.05, 4.69) is 43.4 Å². The molecule has 1 unspecified atom stereocenters. The van der Waals surface area contributed by atoms with E-state index in [4.69, 9.17) is 0 Å². The van der Waals surface area contributed by atoms with Crippen LogP contribution in [0.25, 0.3) is 0 Å². The van der Waals surface area contributed by atoms with Gasteiger partial charge in [0.2, 0.25) is 0 Å². The zero-order chi connectivity index (χ0) is 10.2. The third-order valence-electron chi connectivity index (χ3n) is 2.92. The van der Waals surface area contributed by atoms with Crippen LogP contribution in [0.4, 0.5) is 0 Å². The highest BCUT2D eigenvalue weighted by Crippen LogP contribution is 2.28. The fourth-order valence-electron chi connectivity index (χ4n) is 1.94. The molecule has 1 aromatic carbocycles. The standard InChI is InChI=1S/C12H15NO/c1-9-3-5-10(6-4-9)12(2)7-11(14)8-13-12/h3-6,13H,7-8H2,1-2H3. The Hall–Kier alpha value is -1.15. The molecule has 2 heteroatoms. The van der Waals surface area contributed by atoms with Crippen molar-refractivity contribution in [1.82, 2.24) is 5.32 Å². The highest BCUT2D eigenvalue weighted by molar-refractivity contribution is 5.84. The Morgan fingerprint density at radius 3 is 2.43 bits per heavy atom. The third-order valence-corrected chi connectivity index (χ3v) is 2.92. The zero-order valence-electron chi connectivity index (χ0n) is 8.63. The van der Waals surface area contributed by atoms with Crippen LogP contribution in [0.2, 0.25) is 0 Å². The molecule has 0 aliphatic carbocycles. The van der Waals surface area contributed by atoms with Crippen LogP contribution in [0.15, 0.2) is 24.3 Å². The average Bonchev–Trinajstić information content (AvgIpc) is 2.48. The molecule has 14 heavy (non-hydrogen) atoms. The SMILES string of the molecule is Cc1ccc(C2(C)CC(=O)CN2)cc1. The molecule has 1 aliphatic rings. The summed E-state index contributed by atoms with van der Waals surface area (Å²) in [7, 11) is 0. The predicted molar refractivity (Wildman–Crippen MR) is 56.2 cm³/mol. The number of ketones is 1. The van der Waals surface area contributed by atoms with Gasteiger partial charge in [-0.1, -0.05) is 29.8 Å². The molecule has 0 aromatic heterocycles. The molecule has 1 fully saturated rings. The highest BCUT2D eigenvalue weighted by atomic mass is 16.1. The maximum Gasteiger partial charge on any atom is 0.148 e. The van der Waals surface area contributed by atoms with Gasteiger partial charge < -0.3 is 5.32 Å². The summed E-state index contributed by atoms with van der Waals surface area (Å²) < 4.78 is 0. The fourth-order valence-corrected chi connectivity index (χ4v) is 1.94. The van der Waals surface area contributed by atoms with Crippen LogP contribution in [0.5, 0.6) is 0 Å². The van der Waals surface area contributed by atoms with Crippen molar-refractivity contribution in [2.45, 2.75) is 25.8 Å². The lowest BCUT2D eigenvalue weighted by molar-refractivity contribution is -0.116. The van der Waals surface area contributed by atoms with Crippen LogP contribution in [0.1, 0.15) is 24.5 Å². The van der Waals surface area contributed by atoms with E-state index in [-0.39, 0.29) is 5.54 Å². The van der Waals surface area contributed by atoms with Crippen LogP contribution in [-0.4, -0.2) is 12.3 Å². The van der Waals surface area contributed by atoms with E-state index in [1.165, 1.54) is 11.1 Å². The van der Waals surface area contributed by atoms with Crippen LogP contribution in [0.3, 0.4) is 0 Å². The van der Waals surface area contributed by atoms with Crippen LogP contribution in [-0.2, 0) is 10.3 Å². The van der Waals surface area contributed by atoms with Crippen molar-refractivity contribution in [2.24, 2.45) is 0 Å². The van der Waals surface area contributed by atoms with Gasteiger partial charge in [-0.3, -0.25) is 4.79 Å². The maximum atomic E-state index is 11.2. The van der Waals surface area contributed by atoms with Gasteiger partial charge in [0.15, 0.2) is 0 Å². The molecule has 0 saturated carbocycles. The van der Waals surface area contributed by atoms with E-state index < -0.39 is 0 Å². The largest absolute Gasteiger partial charge is 0.300 e. The van der Waals surface area contributed by atoms with Gasteiger partial charge in [0.1, 0.15) is 5.78 Å². The van der Waals surface area contributed by atoms with Gasteiger partial charge in [-0.2, -0.15) is 0 Å². The number of aryl methyl sites for hydroxylation is 1. The lowest BCUT2D eigenvalue weighted by atomic mass is 9.90. The predicted octanol–water partition coefficient (Wildman–Crippen LogP) is 1.77. The lowest BCUT2D eigenvalue weighted by Gasteiger charge is -2.24. The van der Waals surface area contributed by atoms with Crippen molar-refractivity contribution in [1.29, 1.82) is 0 Å². The topological polar surface area (TPSA) is 29.1 Å². The summed E-state index contributed by atoms with van der Waals surface area (Å²) in [6.45, 7) is 4.66. The van der Waals surface area contributed by atoms with E-state index in [1.807, 2.05) is 0 Å². The molecule has 1 heterocycles. The second kappa shape index (κ2) is 3.21. The first-order valence-corrected chi connectivity index (χ1v) is 4.94. The van der Waals surface area contributed by atoms with Crippen molar-refractivity contribution in [2.75, 3.05) is 6.54 Å². The lowest BCUT2D eigenvalue weighted by Crippen LogP contribution is -2.32. The molecule has 1 atom stereocenters.